The monoisotopic (exact) mass is 741 g/mol. The maximum atomic E-state index is 6.50. The van der Waals surface area contributed by atoms with E-state index < -0.39 is 0 Å². The van der Waals surface area contributed by atoms with Crippen LogP contribution in [-0.4, -0.2) is 4.57 Å². The number of benzene rings is 9. The first-order valence-corrected chi connectivity index (χ1v) is 19.7. The SMILES string of the molecule is c1ccc(-n2c3ccc(-c4ccc5oc6ccccc6c5c4)cc3c3cc(-c4cccc5oc6ccccc6c45)cc(-c4cccc5oc6ccccc6c45)c32)cc1. The second-order valence-corrected chi connectivity index (χ2v) is 15.2. The molecule has 0 fully saturated rings. The summed E-state index contributed by atoms with van der Waals surface area (Å²) in [6, 6.07) is 66.8. The summed E-state index contributed by atoms with van der Waals surface area (Å²) in [7, 11) is 0. The molecule has 0 bridgehead atoms. The van der Waals surface area contributed by atoms with Gasteiger partial charge in [-0.15, -0.1) is 0 Å². The molecule has 0 radical (unpaired) electrons. The number of fused-ring (bicyclic) bond motifs is 12. The highest BCUT2D eigenvalue weighted by Gasteiger charge is 2.23. The fraction of sp³-hybridized carbons (Fsp3) is 0. The van der Waals surface area contributed by atoms with Gasteiger partial charge in [-0.2, -0.15) is 0 Å². The lowest BCUT2D eigenvalue weighted by atomic mass is 9.91. The lowest BCUT2D eigenvalue weighted by Gasteiger charge is -2.15. The quantitative estimate of drug-likeness (QED) is 0.180. The van der Waals surface area contributed by atoms with E-state index in [0.29, 0.717) is 0 Å². The van der Waals surface area contributed by atoms with Crippen LogP contribution in [0, 0.1) is 0 Å². The lowest BCUT2D eigenvalue weighted by Crippen LogP contribution is -1.96. The van der Waals surface area contributed by atoms with Gasteiger partial charge in [0.25, 0.3) is 0 Å². The molecular weight excluding hydrogens is 711 g/mol. The molecule has 270 valence electrons. The summed E-state index contributed by atoms with van der Waals surface area (Å²) < 4.78 is 21.6. The van der Waals surface area contributed by atoms with Crippen LogP contribution in [0.4, 0.5) is 0 Å². The normalized spacial score (nSPS) is 12.1. The van der Waals surface area contributed by atoms with Crippen LogP contribution in [0.5, 0.6) is 0 Å². The molecule has 0 N–H and O–H groups in total. The zero-order valence-electron chi connectivity index (χ0n) is 31.1. The molecule has 4 heterocycles. The average molecular weight is 742 g/mol. The van der Waals surface area contributed by atoms with Crippen molar-refractivity contribution in [2.24, 2.45) is 0 Å². The van der Waals surface area contributed by atoms with E-state index in [4.69, 9.17) is 13.3 Å². The Kier molecular flexibility index (Phi) is 6.41. The molecule has 4 nitrogen and oxygen atoms in total. The van der Waals surface area contributed by atoms with Crippen LogP contribution in [0.25, 0.3) is 127 Å². The highest BCUT2D eigenvalue weighted by molar-refractivity contribution is 6.22. The molecule has 0 saturated carbocycles. The fourth-order valence-corrected chi connectivity index (χ4v) is 9.45. The first-order chi connectivity index (χ1) is 28.7. The van der Waals surface area contributed by atoms with E-state index >= 15 is 0 Å². The molecular formula is C54H31NO3. The maximum absolute atomic E-state index is 6.50. The predicted octanol–water partition coefficient (Wildman–Crippen LogP) is 15.5. The Bertz CT molecular complexity index is 3800. The van der Waals surface area contributed by atoms with Crippen LogP contribution in [0.3, 0.4) is 0 Å². The molecule has 0 saturated heterocycles. The molecule has 0 atom stereocenters. The Labute approximate surface area is 331 Å². The van der Waals surface area contributed by atoms with E-state index in [1.165, 1.54) is 5.39 Å². The third-order valence-electron chi connectivity index (χ3n) is 12.0. The van der Waals surface area contributed by atoms with Gasteiger partial charge < -0.3 is 17.8 Å². The minimum atomic E-state index is 0.868. The number of furan rings is 3. The zero-order chi connectivity index (χ0) is 37.9. The van der Waals surface area contributed by atoms with E-state index in [0.717, 1.165) is 121 Å². The highest BCUT2D eigenvalue weighted by atomic mass is 16.3. The van der Waals surface area contributed by atoms with Crippen molar-refractivity contribution in [2.45, 2.75) is 0 Å². The first kappa shape index (κ1) is 31.4. The predicted molar refractivity (Wildman–Crippen MR) is 239 cm³/mol. The number of para-hydroxylation sites is 4. The minimum absolute atomic E-state index is 0.868. The number of hydrogen-bond donors (Lipinski definition) is 0. The van der Waals surface area contributed by atoms with Gasteiger partial charge in [0.05, 0.1) is 11.0 Å². The van der Waals surface area contributed by atoms with E-state index in [1.807, 2.05) is 24.3 Å². The van der Waals surface area contributed by atoms with Gasteiger partial charge in [0.2, 0.25) is 0 Å². The van der Waals surface area contributed by atoms with Crippen molar-refractivity contribution in [1.82, 2.24) is 4.57 Å². The van der Waals surface area contributed by atoms with Crippen molar-refractivity contribution in [2.75, 3.05) is 0 Å². The summed E-state index contributed by atoms with van der Waals surface area (Å²) in [5.74, 6) is 0. The van der Waals surface area contributed by atoms with E-state index in [1.54, 1.807) is 0 Å². The molecule has 0 aliphatic rings. The molecule has 4 heteroatoms. The topological polar surface area (TPSA) is 44.4 Å². The summed E-state index contributed by atoms with van der Waals surface area (Å²) in [6.45, 7) is 0. The van der Waals surface area contributed by atoms with E-state index in [2.05, 4.69) is 168 Å². The van der Waals surface area contributed by atoms with Gasteiger partial charge in [-0.1, -0.05) is 109 Å². The summed E-state index contributed by atoms with van der Waals surface area (Å²) in [5.41, 5.74) is 15.4. The van der Waals surface area contributed by atoms with Gasteiger partial charge in [0.1, 0.15) is 33.5 Å². The van der Waals surface area contributed by atoms with Crippen LogP contribution < -0.4 is 0 Å². The molecule has 4 aromatic heterocycles. The largest absolute Gasteiger partial charge is 0.456 e. The standard InChI is InChI=1S/C54H31NO3/c1-2-12-35(13-3-1)55-45-26-24-32(33-25-27-49-42(29-33)37-14-4-7-19-46(37)56-49)28-41(45)44-31-34(36-17-10-22-50-52(36)39-15-5-8-20-47(39)57-50)30-43(54(44)55)38-18-11-23-51-53(38)40-16-6-9-21-48(40)58-51/h1-31H. The van der Waals surface area contributed by atoms with Gasteiger partial charge in [-0.3, -0.25) is 0 Å². The smallest absolute Gasteiger partial charge is 0.136 e. The zero-order valence-corrected chi connectivity index (χ0v) is 31.1. The Hall–Kier alpha value is -7.82. The van der Waals surface area contributed by atoms with E-state index in [-0.39, 0.29) is 0 Å². The minimum Gasteiger partial charge on any atom is -0.456 e. The molecule has 0 unspecified atom stereocenters. The highest BCUT2D eigenvalue weighted by Crippen LogP contribution is 2.47. The van der Waals surface area contributed by atoms with Gasteiger partial charge in [-0.25, -0.2) is 0 Å². The number of rotatable bonds is 4. The molecule has 9 aromatic carbocycles. The maximum Gasteiger partial charge on any atom is 0.136 e. The van der Waals surface area contributed by atoms with Crippen molar-refractivity contribution in [3.05, 3.63) is 188 Å². The van der Waals surface area contributed by atoms with E-state index in [9.17, 15) is 0 Å². The second kappa shape index (κ2) is 11.8. The molecule has 0 aliphatic carbocycles. The van der Waals surface area contributed by atoms with Crippen LogP contribution in [0.2, 0.25) is 0 Å². The summed E-state index contributed by atoms with van der Waals surface area (Å²) >= 11 is 0. The van der Waals surface area contributed by atoms with Crippen LogP contribution in [0.15, 0.2) is 201 Å². The van der Waals surface area contributed by atoms with Crippen LogP contribution >= 0.6 is 0 Å². The third kappa shape index (κ3) is 4.45. The number of aromatic nitrogens is 1. The van der Waals surface area contributed by atoms with Crippen molar-refractivity contribution < 1.29 is 13.3 Å². The van der Waals surface area contributed by atoms with Crippen molar-refractivity contribution in [3.8, 4) is 39.1 Å². The Morgan fingerprint density at radius 2 is 0.810 bits per heavy atom. The van der Waals surface area contributed by atoms with Crippen LogP contribution in [-0.2, 0) is 0 Å². The first-order valence-electron chi connectivity index (χ1n) is 19.7. The van der Waals surface area contributed by atoms with Gasteiger partial charge in [0.15, 0.2) is 0 Å². The second-order valence-electron chi connectivity index (χ2n) is 15.2. The fourth-order valence-electron chi connectivity index (χ4n) is 9.45. The summed E-state index contributed by atoms with van der Waals surface area (Å²) in [6.07, 6.45) is 0. The molecule has 0 amide bonds. The molecule has 13 rings (SSSR count). The molecule has 13 aromatic rings. The van der Waals surface area contributed by atoms with Crippen LogP contribution in [0.1, 0.15) is 0 Å². The molecule has 0 spiro atoms. The van der Waals surface area contributed by atoms with Gasteiger partial charge in [0, 0.05) is 54.3 Å². The average Bonchev–Trinajstić information content (AvgIpc) is 4.05. The van der Waals surface area contributed by atoms with Crippen molar-refractivity contribution >= 4 is 87.6 Å². The number of nitrogens with zero attached hydrogens (tertiary/aromatic N) is 1. The summed E-state index contributed by atoms with van der Waals surface area (Å²) in [5, 5.41) is 9.00. The molecule has 0 aliphatic heterocycles. The van der Waals surface area contributed by atoms with Crippen molar-refractivity contribution in [1.29, 1.82) is 0 Å². The van der Waals surface area contributed by atoms with Gasteiger partial charge >= 0.3 is 0 Å². The Morgan fingerprint density at radius 3 is 1.53 bits per heavy atom. The third-order valence-corrected chi connectivity index (χ3v) is 12.0. The van der Waals surface area contributed by atoms with Crippen molar-refractivity contribution in [3.63, 3.8) is 0 Å². The lowest BCUT2D eigenvalue weighted by molar-refractivity contribution is 0.668. The Balaban J connectivity index is 1.18. The number of hydrogen-bond acceptors (Lipinski definition) is 3. The van der Waals surface area contributed by atoms with Gasteiger partial charge in [-0.05, 0) is 107 Å². The molecule has 58 heavy (non-hydrogen) atoms. The summed E-state index contributed by atoms with van der Waals surface area (Å²) in [4.78, 5) is 0. The Morgan fingerprint density at radius 1 is 0.293 bits per heavy atom.